The summed E-state index contributed by atoms with van der Waals surface area (Å²) >= 11 is 17.5. The topological polar surface area (TPSA) is 0 Å². The van der Waals surface area contributed by atoms with Crippen LogP contribution in [-0.2, 0) is 0 Å². The summed E-state index contributed by atoms with van der Waals surface area (Å²) in [4.78, 5) is 0. The van der Waals surface area contributed by atoms with Gasteiger partial charge in [0.1, 0.15) is 0 Å². The summed E-state index contributed by atoms with van der Waals surface area (Å²) in [5, 5.41) is 0.594. The zero-order valence-corrected chi connectivity index (χ0v) is 7.26. The van der Waals surface area contributed by atoms with Crippen molar-refractivity contribution in [1.29, 1.82) is 0 Å². The first-order chi connectivity index (χ1) is 4.18. The van der Waals surface area contributed by atoms with Gasteiger partial charge in [0.25, 0.3) is 0 Å². The summed E-state index contributed by atoms with van der Waals surface area (Å²) in [6.45, 7) is 0. The Morgan fingerprint density at radius 3 is 1.11 bits per heavy atom. The van der Waals surface area contributed by atoms with Crippen LogP contribution in [0.4, 0.5) is 0 Å². The van der Waals surface area contributed by atoms with E-state index in [1.807, 2.05) is 0 Å². The van der Waals surface area contributed by atoms with Gasteiger partial charge < -0.3 is 0 Å². The summed E-state index contributed by atoms with van der Waals surface area (Å²) in [5.41, 5.74) is 0. The number of halogens is 3. The molecule has 1 fully saturated rings. The van der Waals surface area contributed by atoms with Crippen molar-refractivity contribution < 1.29 is 0 Å². The minimum atomic E-state index is 0.198. The highest BCUT2D eigenvalue weighted by Crippen LogP contribution is 2.29. The highest BCUT2D eigenvalue weighted by Gasteiger charge is 2.24. The fraction of sp³-hybridized carbons (Fsp3) is 1.00. The normalized spacial score (nSPS) is 45.0. The summed E-state index contributed by atoms with van der Waals surface area (Å²) in [5.74, 6) is 0. The van der Waals surface area contributed by atoms with Gasteiger partial charge in [0.15, 0.2) is 0 Å². The van der Waals surface area contributed by atoms with Gasteiger partial charge in [-0.05, 0) is 19.3 Å². The molecule has 1 aliphatic rings. The van der Waals surface area contributed by atoms with Crippen LogP contribution in [-0.4, -0.2) is 16.1 Å². The second-order valence-electron chi connectivity index (χ2n) is 2.50. The van der Waals surface area contributed by atoms with Gasteiger partial charge >= 0.3 is 0 Å². The molecule has 0 radical (unpaired) electrons. The lowest BCUT2D eigenvalue weighted by atomic mass is 9.99. The number of rotatable bonds is 0. The number of hydrogen-bond acceptors (Lipinski definition) is 0. The lowest BCUT2D eigenvalue weighted by molar-refractivity contribution is 0.524. The Balaban J connectivity index is 2.34. The first kappa shape index (κ1) is 7.97. The molecule has 0 saturated heterocycles. The molecule has 0 unspecified atom stereocenters. The predicted molar refractivity (Wildman–Crippen MR) is 42.8 cm³/mol. The SMILES string of the molecule is ClC1CC(Cl)CC(Cl)C1. The van der Waals surface area contributed by atoms with Crippen molar-refractivity contribution in [3.05, 3.63) is 0 Å². The van der Waals surface area contributed by atoms with Crippen LogP contribution in [0.25, 0.3) is 0 Å². The largest absolute Gasteiger partial charge is 0.123 e. The van der Waals surface area contributed by atoms with Gasteiger partial charge in [-0.2, -0.15) is 0 Å². The first-order valence-electron chi connectivity index (χ1n) is 3.10. The number of alkyl halides is 3. The molecule has 54 valence electrons. The van der Waals surface area contributed by atoms with Crippen LogP contribution in [0.15, 0.2) is 0 Å². The molecule has 0 aromatic carbocycles. The molecule has 0 aromatic heterocycles. The molecule has 0 bridgehead atoms. The second-order valence-corrected chi connectivity index (χ2v) is 4.35. The van der Waals surface area contributed by atoms with Gasteiger partial charge in [-0.1, -0.05) is 0 Å². The van der Waals surface area contributed by atoms with Crippen molar-refractivity contribution in [2.75, 3.05) is 0 Å². The maximum atomic E-state index is 5.84. The third-order valence-electron chi connectivity index (χ3n) is 1.53. The van der Waals surface area contributed by atoms with Crippen LogP contribution in [0.5, 0.6) is 0 Å². The van der Waals surface area contributed by atoms with Crippen LogP contribution in [0.1, 0.15) is 19.3 Å². The van der Waals surface area contributed by atoms with E-state index >= 15 is 0 Å². The Labute approximate surface area is 70.5 Å². The maximum Gasteiger partial charge on any atom is 0.0364 e. The highest BCUT2D eigenvalue weighted by molar-refractivity contribution is 6.26. The third kappa shape index (κ3) is 2.53. The fourth-order valence-electron chi connectivity index (χ4n) is 1.12. The molecule has 0 aromatic rings. The molecule has 1 aliphatic carbocycles. The summed E-state index contributed by atoms with van der Waals surface area (Å²) in [7, 11) is 0. The van der Waals surface area contributed by atoms with Crippen molar-refractivity contribution in [2.45, 2.75) is 35.4 Å². The van der Waals surface area contributed by atoms with E-state index in [0.29, 0.717) is 0 Å². The average molecular weight is 187 g/mol. The molecule has 1 rings (SSSR count). The van der Waals surface area contributed by atoms with E-state index in [9.17, 15) is 0 Å². The van der Waals surface area contributed by atoms with Gasteiger partial charge in [-0.15, -0.1) is 34.8 Å². The van der Waals surface area contributed by atoms with Crippen LogP contribution in [0, 0.1) is 0 Å². The zero-order chi connectivity index (χ0) is 6.85. The molecule has 0 N–H and O–H groups in total. The Hall–Kier alpha value is 0.870. The highest BCUT2D eigenvalue weighted by atomic mass is 35.5. The molecule has 9 heavy (non-hydrogen) atoms. The van der Waals surface area contributed by atoms with Crippen molar-refractivity contribution in [2.24, 2.45) is 0 Å². The summed E-state index contributed by atoms with van der Waals surface area (Å²) in [6, 6.07) is 0. The molecule has 0 heterocycles. The van der Waals surface area contributed by atoms with Crippen LogP contribution in [0.3, 0.4) is 0 Å². The molecule has 0 aliphatic heterocycles. The van der Waals surface area contributed by atoms with Gasteiger partial charge in [0.05, 0.1) is 0 Å². The molecular formula is C6H9Cl3. The Morgan fingerprint density at radius 2 is 0.889 bits per heavy atom. The van der Waals surface area contributed by atoms with E-state index in [4.69, 9.17) is 34.8 Å². The van der Waals surface area contributed by atoms with Crippen LogP contribution >= 0.6 is 34.8 Å². The molecule has 0 atom stereocenters. The van der Waals surface area contributed by atoms with Gasteiger partial charge in [-0.25, -0.2) is 0 Å². The van der Waals surface area contributed by atoms with Gasteiger partial charge in [0.2, 0.25) is 0 Å². The first-order valence-corrected chi connectivity index (χ1v) is 4.41. The fourth-order valence-corrected chi connectivity index (χ4v) is 2.69. The molecule has 3 heteroatoms. The Morgan fingerprint density at radius 1 is 0.667 bits per heavy atom. The van der Waals surface area contributed by atoms with Gasteiger partial charge in [0, 0.05) is 16.1 Å². The lowest BCUT2D eigenvalue weighted by Crippen LogP contribution is -2.23. The minimum Gasteiger partial charge on any atom is -0.123 e. The molecular weight excluding hydrogens is 178 g/mol. The molecule has 1 saturated carbocycles. The number of hydrogen-bond donors (Lipinski definition) is 0. The maximum absolute atomic E-state index is 5.84. The molecule has 0 spiro atoms. The van der Waals surface area contributed by atoms with Crippen LogP contribution < -0.4 is 0 Å². The monoisotopic (exact) mass is 186 g/mol. The minimum absolute atomic E-state index is 0.198. The van der Waals surface area contributed by atoms with Crippen molar-refractivity contribution in [3.8, 4) is 0 Å². The van der Waals surface area contributed by atoms with Gasteiger partial charge in [-0.3, -0.25) is 0 Å². The molecule has 0 nitrogen and oxygen atoms in total. The third-order valence-corrected chi connectivity index (χ3v) is 2.60. The van der Waals surface area contributed by atoms with Crippen LogP contribution in [0.2, 0.25) is 0 Å². The Bertz CT molecular complexity index is 69.3. The van der Waals surface area contributed by atoms with Crippen molar-refractivity contribution >= 4 is 34.8 Å². The standard InChI is InChI=1S/C6H9Cl3/c7-4-1-5(8)3-6(9)2-4/h4-6H,1-3H2. The summed E-state index contributed by atoms with van der Waals surface area (Å²) in [6.07, 6.45) is 2.73. The van der Waals surface area contributed by atoms with E-state index in [1.165, 1.54) is 0 Å². The zero-order valence-electron chi connectivity index (χ0n) is 4.99. The quantitative estimate of drug-likeness (QED) is 0.512. The van der Waals surface area contributed by atoms with Crippen molar-refractivity contribution in [1.82, 2.24) is 0 Å². The second kappa shape index (κ2) is 3.32. The van der Waals surface area contributed by atoms with E-state index in [1.54, 1.807) is 0 Å². The Kier molecular flexibility index (Phi) is 2.94. The van der Waals surface area contributed by atoms with E-state index < -0.39 is 0 Å². The average Bonchev–Trinajstić information content (AvgIpc) is 1.59. The van der Waals surface area contributed by atoms with Crippen molar-refractivity contribution in [3.63, 3.8) is 0 Å². The lowest BCUT2D eigenvalue weighted by Gasteiger charge is -2.24. The van der Waals surface area contributed by atoms with E-state index in [2.05, 4.69) is 0 Å². The van der Waals surface area contributed by atoms with E-state index in [-0.39, 0.29) is 16.1 Å². The molecule has 0 amide bonds. The summed E-state index contributed by atoms with van der Waals surface area (Å²) < 4.78 is 0. The van der Waals surface area contributed by atoms with E-state index in [0.717, 1.165) is 19.3 Å². The predicted octanol–water partition coefficient (Wildman–Crippen LogP) is 2.99. The smallest absolute Gasteiger partial charge is 0.0364 e.